The summed E-state index contributed by atoms with van der Waals surface area (Å²) in [6.45, 7) is 1.92. The van der Waals surface area contributed by atoms with Gasteiger partial charge in [-0.2, -0.15) is 0 Å². The Balaban J connectivity index is 1.24. The number of esters is 1. The molecule has 0 radical (unpaired) electrons. The Morgan fingerprint density at radius 3 is 2.58 bits per heavy atom. The number of amides is 3. The maximum absolute atomic E-state index is 13.1. The molecule has 9 nitrogen and oxygen atoms in total. The van der Waals surface area contributed by atoms with Crippen molar-refractivity contribution in [2.24, 2.45) is 0 Å². The molecule has 11 heteroatoms. The average molecular weight is 645 g/mol. The van der Waals surface area contributed by atoms with Gasteiger partial charge in [-0.05, 0) is 76.5 Å². The van der Waals surface area contributed by atoms with Crippen LogP contribution in [0.4, 0.5) is 10.5 Å². The number of nitrogens with one attached hydrogen (secondary N) is 1. The van der Waals surface area contributed by atoms with Crippen LogP contribution >= 0.6 is 23.4 Å². The van der Waals surface area contributed by atoms with Crippen LogP contribution in [0.25, 0.3) is 16.8 Å². The largest absolute Gasteiger partial charge is 0.493 e. The summed E-state index contributed by atoms with van der Waals surface area (Å²) in [7, 11) is 1.52. The van der Waals surface area contributed by atoms with E-state index in [-0.39, 0.29) is 27.8 Å². The molecule has 0 bridgehead atoms. The minimum Gasteiger partial charge on any atom is -0.493 e. The van der Waals surface area contributed by atoms with Crippen molar-refractivity contribution in [2.45, 2.75) is 20.0 Å². The van der Waals surface area contributed by atoms with Gasteiger partial charge in [-0.1, -0.05) is 67.1 Å². The predicted octanol–water partition coefficient (Wildman–Crippen LogP) is 7.32. The lowest BCUT2D eigenvalue weighted by Gasteiger charge is -2.13. The van der Waals surface area contributed by atoms with E-state index in [1.54, 1.807) is 24.3 Å². The van der Waals surface area contributed by atoms with E-state index < -0.39 is 29.6 Å². The molecule has 1 aliphatic rings. The highest BCUT2D eigenvalue weighted by Gasteiger charge is 2.36. The van der Waals surface area contributed by atoms with Gasteiger partial charge in [0.2, 0.25) is 5.91 Å². The molecule has 1 fully saturated rings. The predicted molar refractivity (Wildman–Crippen MR) is 175 cm³/mol. The van der Waals surface area contributed by atoms with Crippen molar-refractivity contribution in [3.8, 4) is 11.5 Å². The second kappa shape index (κ2) is 14.3. The Labute approximate surface area is 269 Å². The molecule has 0 spiro atoms. The number of anilines is 1. The number of methoxy groups -OCH3 is 1. The Morgan fingerprint density at radius 1 is 0.978 bits per heavy atom. The number of hydrogen-bond donors (Lipinski definition) is 1. The number of ether oxygens (including phenoxy) is 3. The summed E-state index contributed by atoms with van der Waals surface area (Å²) in [5.41, 5.74) is 2.01. The molecule has 1 aliphatic heterocycles. The summed E-state index contributed by atoms with van der Waals surface area (Å²) in [6, 6.07) is 23.7. The smallest absolute Gasteiger partial charge is 0.339 e. The maximum Gasteiger partial charge on any atom is 0.339 e. The van der Waals surface area contributed by atoms with Gasteiger partial charge < -0.3 is 19.5 Å². The molecular weight excluding hydrogens is 616 g/mol. The van der Waals surface area contributed by atoms with Crippen LogP contribution in [-0.2, 0) is 20.9 Å². The molecule has 3 amide bonds. The molecule has 0 aromatic heterocycles. The van der Waals surface area contributed by atoms with E-state index in [0.29, 0.717) is 30.1 Å². The SMILES string of the molecule is CCCOC(=O)c1cc(NC(=O)CN2C(=O)S/C(=C/c3ccc(OCc4cccc5ccccc45)c(OC)c3)C2=O)ccc1Cl. The van der Waals surface area contributed by atoms with Gasteiger partial charge in [0, 0.05) is 5.69 Å². The van der Waals surface area contributed by atoms with Crippen LogP contribution in [0.2, 0.25) is 5.02 Å². The van der Waals surface area contributed by atoms with Crippen LogP contribution in [0.5, 0.6) is 11.5 Å². The molecule has 4 aromatic rings. The quantitative estimate of drug-likeness (QED) is 0.134. The Hall–Kier alpha value is -4.80. The van der Waals surface area contributed by atoms with E-state index in [0.717, 1.165) is 33.0 Å². The molecule has 1 N–H and O–H groups in total. The van der Waals surface area contributed by atoms with Gasteiger partial charge >= 0.3 is 5.97 Å². The molecule has 1 heterocycles. The standard InChI is InChI=1S/C34H29ClN2O7S/c1-3-15-43-33(40)26-18-24(12-13-27(26)35)36-31(38)19-37-32(39)30(45-34(37)41)17-21-11-14-28(29(16-21)42-2)44-20-23-9-6-8-22-7-4-5-10-25(22)23/h4-14,16-18H,3,15,19-20H2,1-2H3,(H,36,38)/b30-17+. The van der Waals surface area contributed by atoms with Crippen LogP contribution in [0, 0.1) is 0 Å². The van der Waals surface area contributed by atoms with Crippen molar-refractivity contribution < 1.29 is 33.4 Å². The number of halogens is 1. The number of imide groups is 1. The van der Waals surface area contributed by atoms with Crippen molar-refractivity contribution in [3.63, 3.8) is 0 Å². The van der Waals surface area contributed by atoms with Crippen molar-refractivity contribution in [1.82, 2.24) is 4.90 Å². The molecular formula is C34H29ClN2O7S. The molecule has 0 saturated carbocycles. The number of carbonyl (C=O) groups excluding carboxylic acids is 4. The third-order valence-electron chi connectivity index (χ3n) is 6.83. The minimum atomic E-state index is -0.622. The number of thioether (sulfide) groups is 1. The van der Waals surface area contributed by atoms with Crippen molar-refractivity contribution >= 4 is 68.9 Å². The normalized spacial score (nSPS) is 13.8. The fourth-order valence-corrected chi connectivity index (χ4v) is 5.66. The zero-order valence-electron chi connectivity index (χ0n) is 24.5. The lowest BCUT2D eigenvalue weighted by atomic mass is 10.1. The molecule has 230 valence electrons. The first-order chi connectivity index (χ1) is 21.8. The maximum atomic E-state index is 13.1. The summed E-state index contributed by atoms with van der Waals surface area (Å²) in [5, 5.41) is 4.41. The highest BCUT2D eigenvalue weighted by Crippen LogP contribution is 2.35. The molecule has 1 saturated heterocycles. The highest BCUT2D eigenvalue weighted by molar-refractivity contribution is 8.18. The zero-order chi connectivity index (χ0) is 31.9. The number of rotatable bonds is 11. The van der Waals surface area contributed by atoms with Crippen LogP contribution in [0.15, 0.2) is 83.8 Å². The van der Waals surface area contributed by atoms with Gasteiger partial charge in [0.25, 0.3) is 11.1 Å². The molecule has 0 unspecified atom stereocenters. The second-order valence-corrected chi connectivity index (χ2v) is 11.4. The number of hydrogen-bond acceptors (Lipinski definition) is 8. The number of nitrogens with zero attached hydrogens (tertiary/aromatic N) is 1. The van der Waals surface area contributed by atoms with E-state index in [9.17, 15) is 19.2 Å². The summed E-state index contributed by atoms with van der Waals surface area (Å²) in [6.07, 6.45) is 2.21. The lowest BCUT2D eigenvalue weighted by Crippen LogP contribution is -2.36. The number of carbonyl (C=O) groups is 4. The molecule has 45 heavy (non-hydrogen) atoms. The van der Waals surface area contributed by atoms with Gasteiger partial charge in [-0.25, -0.2) is 4.79 Å². The summed E-state index contributed by atoms with van der Waals surface area (Å²) < 4.78 is 16.7. The Kier molecular flexibility index (Phi) is 10.1. The average Bonchev–Trinajstić information content (AvgIpc) is 3.30. The first kappa shape index (κ1) is 31.6. The highest BCUT2D eigenvalue weighted by atomic mass is 35.5. The topological polar surface area (TPSA) is 111 Å². The van der Waals surface area contributed by atoms with E-state index in [2.05, 4.69) is 5.32 Å². The summed E-state index contributed by atoms with van der Waals surface area (Å²) in [5.74, 6) is -0.853. The van der Waals surface area contributed by atoms with Crippen LogP contribution in [0.3, 0.4) is 0 Å². The van der Waals surface area contributed by atoms with E-state index in [1.165, 1.54) is 25.3 Å². The second-order valence-electron chi connectivity index (χ2n) is 9.98. The molecule has 0 aliphatic carbocycles. The van der Waals surface area contributed by atoms with E-state index in [1.807, 2.05) is 49.4 Å². The first-order valence-corrected chi connectivity index (χ1v) is 15.3. The fourth-order valence-electron chi connectivity index (χ4n) is 4.63. The first-order valence-electron chi connectivity index (χ1n) is 14.1. The van der Waals surface area contributed by atoms with E-state index >= 15 is 0 Å². The van der Waals surface area contributed by atoms with Crippen molar-refractivity contribution in [2.75, 3.05) is 25.6 Å². The van der Waals surface area contributed by atoms with E-state index in [4.69, 9.17) is 25.8 Å². The van der Waals surface area contributed by atoms with Gasteiger partial charge in [-0.3, -0.25) is 19.3 Å². The van der Waals surface area contributed by atoms with Crippen molar-refractivity contribution in [1.29, 1.82) is 0 Å². The summed E-state index contributed by atoms with van der Waals surface area (Å²) in [4.78, 5) is 51.8. The van der Waals surface area contributed by atoms with Crippen LogP contribution in [0.1, 0.15) is 34.8 Å². The van der Waals surface area contributed by atoms with Gasteiger partial charge in [0.1, 0.15) is 13.2 Å². The Morgan fingerprint density at radius 2 is 1.78 bits per heavy atom. The molecule has 5 rings (SSSR count). The third kappa shape index (κ3) is 7.47. The fraction of sp³-hybridized carbons (Fsp3) is 0.176. The van der Waals surface area contributed by atoms with Crippen LogP contribution < -0.4 is 14.8 Å². The van der Waals surface area contributed by atoms with Crippen molar-refractivity contribution in [3.05, 3.63) is 105 Å². The monoisotopic (exact) mass is 644 g/mol. The van der Waals surface area contributed by atoms with Gasteiger partial charge in [0.15, 0.2) is 11.5 Å². The minimum absolute atomic E-state index is 0.0948. The molecule has 0 atom stereocenters. The number of benzene rings is 4. The van der Waals surface area contributed by atoms with Gasteiger partial charge in [0.05, 0.1) is 29.2 Å². The summed E-state index contributed by atoms with van der Waals surface area (Å²) >= 11 is 6.85. The Bertz CT molecular complexity index is 1820. The molecule has 4 aromatic carbocycles. The third-order valence-corrected chi connectivity index (χ3v) is 8.07. The zero-order valence-corrected chi connectivity index (χ0v) is 26.1. The lowest BCUT2D eigenvalue weighted by molar-refractivity contribution is -0.127. The van der Waals surface area contributed by atoms with Gasteiger partial charge in [-0.15, -0.1) is 0 Å². The van der Waals surface area contributed by atoms with Crippen LogP contribution in [-0.4, -0.2) is 48.2 Å². The number of fused-ring (bicyclic) bond motifs is 1.